The van der Waals surface area contributed by atoms with Crippen LogP contribution in [-0.4, -0.2) is 0 Å². The number of fused-ring (bicyclic) bond motifs is 4. The van der Waals surface area contributed by atoms with Crippen molar-refractivity contribution in [2.75, 3.05) is 4.90 Å². The van der Waals surface area contributed by atoms with E-state index in [-0.39, 0.29) is 23.3 Å². The van der Waals surface area contributed by atoms with Crippen molar-refractivity contribution in [2.24, 2.45) is 0 Å². The van der Waals surface area contributed by atoms with E-state index in [9.17, 15) is 4.11 Å². The largest absolute Gasteiger partial charge is 0.310 e. The Bertz CT molecular complexity index is 3860. The first-order chi connectivity index (χ1) is 35.6. The van der Waals surface area contributed by atoms with E-state index in [1.54, 1.807) is 23.1 Å². The van der Waals surface area contributed by atoms with Gasteiger partial charge in [0.05, 0.1) is 24.6 Å². The van der Waals surface area contributed by atoms with Gasteiger partial charge in [0, 0.05) is 17.1 Å². The van der Waals surface area contributed by atoms with Crippen molar-refractivity contribution in [3.63, 3.8) is 0 Å². The maximum Gasteiger partial charge on any atom is 0.0714 e. The third kappa shape index (κ3) is 5.94. The van der Waals surface area contributed by atoms with Crippen LogP contribution >= 0.6 is 0 Å². The van der Waals surface area contributed by atoms with Crippen molar-refractivity contribution in [1.82, 2.24) is 0 Å². The zero-order valence-electron chi connectivity index (χ0n) is 46.0. The van der Waals surface area contributed by atoms with E-state index in [0.29, 0.717) is 33.5 Å². The molecule has 1 nitrogen and oxygen atoms in total. The van der Waals surface area contributed by atoms with Gasteiger partial charge >= 0.3 is 0 Å². The van der Waals surface area contributed by atoms with Gasteiger partial charge in [-0.15, -0.1) is 0 Å². The van der Waals surface area contributed by atoms with Crippen molar-refractivity contribution < 1.29 is 19.2 Å². The van der Waals surface area contributed by atoms with Crippen molar-refractivity contribution in [3.05, 3.63) is 271 Å². The van der Waals surface area contributed by atoms with Gasteiger partial charge in [-0.2, -0.15) is 0 Å². The molecule has 0 aromatic heterocycles. The molecule has 10 aromatic carbocycles. The van der Waals surface area contributed by atoms with Crippen LogP contribution in [0.25, 0.3) is 55.3 Å². The first-order valence-electron chi connectivity index (χ1n) is 26.6. The predicted molar refractivity (Wildman–Crippen MR) is 252 cm³/mol. The minimum Gasteiger partial charge on any atom is -0.310 e. The molecule has 0 spiro atoms. The van der Waals surface area contributed by atoms with E-state index < -0.39 is 89.1 Å². The molecule has 0 unspecified atom stereocenters. The summed E-state index contributed by atoms with van der Waals surface area (Å²) in [5.74, 6) is 0. The highest BCUT2D eigenvalue weighted by Crippen LogP contribution is 2.57. The lowest BCUT2D eigenvalue weighted by Gasteiger charge is -2.35. The number of hydrogen-bond donors (Lipinski definition) is 0. The van der Waals surface area contributed by atoms with Crippen LogP contribution in [0.15, 0.2) is 248 Å². The van der Waals surface area contributed by atoms with Crippen LogP contribution in [0.4, 0.5) is 17.1 Å². The number of benzene rings is 10. The molecule has 1 heteroatoms. The SMILES string of the molecule is [2H]c1c([2H])c([2H])c(-c2c([2H])c([2H])c([2H])c(N(c3ccc(-c4cc(-c5c([2H])c([2H])c([2H])c([2H])c5[2H])c5ccccc5c4)cc3)c3ccc4c(c3)C(c3ccccc3)(c3ccccc3)c3ccccc3-4)c2[2H])c([2H])c1[2H]. The zero-order valence-corrected chi connectivity index (χ0v) is 32.0. The van der Waals surface area contributed by atoms with E-state index in [4.69, 9.17) is 15.1 Å². The Hall–Kier alpha value is -7.74. The molecule has 0 fully saturated rings. The summed E-state index contributed by atoms with van der Waals surface area (Å²) in [6.07, 6.45) is 0. The molecule has 0 bridgehead atoms. The molecule has 10 aromatic rings. The molecule has 11 rings (SSSR count). The Morgan fingerprint density at radius 1 is 0.350 bits per heavy atom. The topological polar surface area (TPSA) is 3.24 Å². The predicted octanol–water partition coefficient (Wildman–Crippen LogP) is 15.7. The Morgan fingerprint density at radius 3 is 1.68 bits per heavy atom. The van der Waals surface area contributed by atoms with E-state index >= 15 is 0 Å². The van der Waals surface area contributed by atoms with Crippen molar-refractivity contribution in [1.29, 1.82) is 0 Å². The highest BCUT2D eigenvalue weighted by Gasteiger charge is 2.46. The first kappa shape index (κ1) is 23.6. The van der Waals surface area contributed by atoms with Gasteiger partial charge in [-0.25, -0.2) is 0 Å². The van der Waals surface area contributed by atoms with Gasteiger partial charge in [0.25, 0.3) is 0 Å². The highest BCUT2D eigenvalue weighted by molar-refractivity contribution is 6.00. The minimum atomic E-state index is -0.869. The van der Waals surface area contributed by atoms with Crippen LogP contribution in [-0.2, 0) is 5.41 Å². The van der Waals surface area contributed by atoms with Crippen molar-refractivity contribution >= 4 is 27.8 Å². The Morgan fingerprint density at radius 2 is 0.950 bits per heavy atom. The lowest BCUT2D eigenvalue weighted by atomic mass is 9.67. The fourth-order valence-electron chi connectivity index (χ4n) is 8.80. The molecule has 1 aliphatic rings. The Balaban J connectivity index is 1.18. The average Bonchev–Trinajstić information content (AvgIpc) is 3.73. The normalized spacial score (nSPS) is 15.7. The summed E-state index contributed by atoms with van der Waals surface area (Å²) in [6.45, 7) is 0. The molecule has 0 amide bonds. The zero-order chi connectivity index (χ0) is 52.1. The number of nitrogens with zero attached hydrogens (tertiary/aromatic N) is 1. The summed E-state index contributed by atoms with van der Waals surface area (Å²) >= 11 is 0. The van der Waals surface area contributed by atoms with Gasteiger partial charge in [-0.3, -0.25) is 0 Å². The van der Waals surface area contributed by atoms with Crippen LogP contribution in [0, 0.1) is 0 Å². The van der Waals surface area contributed by atoms with Crippen LogP contribution in [0.5, 0.6) is 0 Å². The first-order valence-corrected chi connectivity index (χ1v) is 19.6. The lowest BCUT2D eigenvalue weighted by molar-refractivity contribution is 0.768. The molecule has 0 heterocycles. The summed E-state index contributed by atoms with van der Waals surface area (Å²) in [4.78, 5) is 1.65. The van der Waals surface area contributed by atoms with Gasteiger partial charge in [0.2, 0.25) is 0 Å². The molecule has 282 valence electrons. The van der Waals surface area contributed by atoms with Gasteiger partial charge < -0.3 is 4.90 Å². The molecule has 0 atom stereocenters. The maximum atomic E-state index is 9.95. The molecule has 0 radical (unpaired) electrons. The lowest BCUT2D eigenvalue weighted by Crippen LogP contribution is -2.28. The second-order valence-electron chi connectivity index (χ2n) is 14.6. The maximum absolute atomic E-state index is 9.95. The average molecular weight is 778 g/mol. The van der Waals surface area contributed by atoms with Crippen LogP contribution in [0.1, 0.15) is 41.4 Å². The molecule has 1 aliphatic carbocycles. The fraction of sp³-hybridized carbons (Fsp3) is 0.0169. The van der Waals surface area contributed by atoms with Gasteiger partial charge in [-0.1, -0.05) is 200 Å². The molecular formula is C59H41N. The van der Waals surface area contributed by atoms with Crippen LogP contribution < -0.4 is 4.90 Å². The van der Waals surface area contributed by atoms with E-state index in [2.05, 4.69) is 36.4 Å². The Kier molecular flexibility index (Phi) is 5.86. The fourth-order valence-corrected chi connectivity index (χ4v) is 8.80. The minimum absolute atomic E-state index is 0.0580. The molecule has 0 saturated heterocycles. The number of anilines is 3. The number of hydrogen-bond acceptors (Lipinski definition) is 1. The third-order valence-corrected chi connectivity index (χ3v) is 11.4. The molecular weight excluding hydrogens is 723 g/mol. The van der Waals surface area contributed by atoms with E-state index in [1.165, 1.54) is 0 Å². The second kappa shape index (κ2) is 14.9. The second-order valence-corrected chi connectivity index (χ2v) is 14.6. The van der Waals surface area contributed by atoms with Crippen LogP contribution in [0.3, 0.4) is 0 Å². The smallest absolute Gasteiger partial charge is 0.0714 e. The molecule has 60 heavy (non-hydrogen) atoms. The quantitative estimate of drug-likeness (QED) is 0.149. The van der Waals surface area contributed by atoms with E-state index in [1.807, 2.05) is 109 Å². The van der Waals surface area contributed by atoms with Crippen LogP contribution in [0.2, 0.25) is 0 Å². The molecule has 0 N–H and O–H groups in total. The monoisotopic (exact) mass is 777 g/mol. The van der Waals surface area contributed by atoms with Gasteiger partial charge in [0.15, 0.2) is 0 Å². The molecule has 0 saturated carbocycles. The Labute approximate surface area is 371 Å². The van der Waals surface area contributed by atoms with Crippen molar-refractivity contribution in [2.45, 2.75) is 5.41 Å². The van der Waals surface area contributed by atoms with Gasteiger partial charge in [0.1, 0.15) is 0 Å². The molecule has 0 aliphatic heterocycles. The number of rotatable bonds is 8. The van der Waals surface area contributed by atoms with Crippen molar-refractivity contribution in [3.8, 4) is 44.5 Å². The highest BCUT2D eigenvalue weighted by atomic mass is 15.1. The van der Waals surface area contributed by atoms with E-state index in [0.717, 1.165) is 38.8 Å². The summed E-state index contributed by atoms with van der Waals surface area (Å²) in [5.41, 5.74) is 6.68. The summed E-state index contributed by atoms with van der Waals surface area (Å²) < 4.78 is 124. The summed E-state index contributed by atoms with van der Waals surface area (Å²) in [5, 5.41) is 1.44. The summed E-state index contributed by atoms with van der Waals surface area (Å²) in [7, 11) is 0. The third-order valence-electron chi connectivity index (χ3n) is 11.4. The standard InChI is InChI=1S/C59H41N/c1-5-18-42(19-6-1)45-23-17-28-51(39-45)60(50-34-32-43(33-35-50)47-38-46-22-13-14-29-53(46)56(40-47)44-20-7-2-8-21-44)52-36-37-55-54-30-15-16-31-57(54)59(58(55)41-52,48-24-9-3-10-25-48)49-26-11-4-12-27-49/h1-41H/i1D,2D,5D,6D,7D,8D,17D,18D,19D,20D,21D,23D,28D,39D. The summed E-state index contributed by atoms with van der Waals surface area (Å²) in [6, 6.07) is 45.1. The van der Waals surface area contributed by atoms with Gasteiger partial charge in [-0.05, 0) is 126 Å².